The van der Waals surface area contributed by atoms with Crippen LogP contribution in [0.2, 0.25) is 0 Å². The van der Waals surface area contributed by atoms with Gasteiger partial charge in [-0.05, 0) is 24.1 Å². The summed E-state index contributed by atoms with van der Waals surface area (Å²) >= 11 is 7.53. The molecule has 1 aromatic heterocycles. The third-order valence-electron chi connectivity index (χ3n) is 2.35. The van der Waals surface area contributed by atoms with Crippen molar-refractivity contribution in [3.05, 3.63) is 28.6 Å². The van der Waals surface area contributed by atoms with Crippen molar-refractivity contribution in [2.45, 2.75) is 19.2 Å². The minimum atomic E-state index is 0.368. The number of benzene rings is 1. The fourth-order valence-electron chi connectivity index (χ4n) is 1.72. The van der Waals surface area contributed by atoms with E-state index in [1.54, 1.807) is 17.4 Å². The highest BCUT2D eigenvalue weighted by Gasteiger charge is 2.12. The molecule has 3 heteroatoms. The zero-order chi connectivity index (χ0) is 10.1. The van der Waals surface area contributed by atoms with Gasteiger partial charge in [0.05, 0.1) is 5.88 Å². The van der Waals surface area contributed by atoms with Gasteiger partial charge in [-0.15, -0.1) is 22.9 Å². The second kappa shape index (κ2) is 3.79. The van der Waals surface area contributed by atoms with Gasteiger partial charge in [0, 0.05) is 15.0 Å². The second-order valence-corrected chi connectivity index (χ2v) is 4.55. The number of hydrogen-bond acceptors (Lipinski definition) is 2. The molecule has 0 unspecified atom stereocenters. The molecule has 0 saturated carbocycles. The summed E-state index contributed by atoms with van der Waals surface area (Å²) in [5.74, 6) is 0.897. The van der Waals surface area contributed by atoms with Gasteiger partial charge in [-0.1, -0.05) is 13.0 Å². The Labute approximate surface area is 91.9 Å². The summed E-state index contributed by atoms with van der Waals surface area (Å²) in [5.41, 5.74) is 1.19. The van der Waals surface area contributed by atoms with Gasteiger partial charge in [-0.3, -0.25) is 0 Å². The molecule has 0 bridgehead atoms. The van der Waals surface area contributed by atoms with Gasteiger partial charge in [0.1, 0.15) is 5.75 Å². The van der Waals surface area contributed by atoms with Crippen molar-refractivity contribution in [2.24, 2.45) is 0 Å². The standard InChI is InChI=1S/C11H11ClOS/c1-2-7-10(6-12)14-9-5-3-4-8(13)11(7)9/h3-5,13H,2,6H2,1H3. The number of alkyl halides is 1. The van der Waals surface area contributed by atoms with Crippen LogP contribution in [0.4, 0.5) is 0 Å². The summed E-state index contributed by atoms with van der Waals surface area (Å²) in [6.07, 6.45) is 0.916. The fourth-order valence-corrected chi connectivity index (χ4v) is 3.21. The first-order valence-corrected chi connectivity index (χ1v) is 5.91. The van der Waals surface area contributed by atoms with Crippen LogP contribution in [0.5, 0.6) is 5.75 Å². The lowest BCUT2D eigenvalue weighted by atomic mass is 10.1. The molecule has 1 N–H and O–H groups in total. The molecular formula is C11H11ClOS. The normalized spacial score (nSPS) is 11.0. The molecular weight excluding hydrogens is 216 g/mol. The van der Waals surface area contributed by atoms with Crippen LogP contribution >= 0.6 is 22.9 Å². The molecule has 74 valence electrons. The number of fused-ring (bicyclic) bond motifs is 1. The fraction of sp³-hybridized carbons (Fsp3) is 0.273. The molecule has 14 heavy (non-hydrogen) atoms. The van der Waals surface area contributed by atoms with Crippen LogP contribution in [0.1, 0.15) is 17.4 Å². The van der Waals surface area contributed by atoms with Crippen molar-refractivity contribution in [1.82, 2.24) is 0 Å². The quantitative estimate of drug-likeness (QED) is 0.770. The molecule has 0 aliphatic rings. The largest absolute Gasteiger partial charge is 0.507 e. The summed E-state index contributed by atoms with van der Waals surface area (Å²) in [5, 5.41) is 10.7. The van der Waals surface area contributed by atoms with E-state index in [1.807, 2.05) is 12.1 Å². The number of rotatable bonds is 2. The van der Waals surface area contributed by atoms with Gasteiger partial charge in [0.25, 0.3) is 0 Å². The molecule has 2 aromatic rings. The lowest BCUT2D eigenvalue weighted by molar-refractivity contribution is 0.481. The SMILES string of the molecule is CCc1c(CCl)sc2cccc(O)c12. The van der Waals surface area contributed by atoms with Crippen LogP contribution in [-0.4, -0.2) is 5.11 Å². The van der Waals surface area contributed by atoms with Gasteiger partial charge in [-0.2, -0.15) is 0 Å². The number of aryl methyl sites for hydroxylation is 1. The van der Waals surface area contributed by atoms with E-state index in [1.165, 1.54) is 10.4 Å². The highest BCUT2D eigenvalue weighted by molar-refractivity contribution is 7.19. The average Bonchev–Trinajstić information content (AvgIpc) is 2.56. The molecule has 0 spiro atoms. The molecule has 1 aromatic carbocycles. The zero-order valence-corrected chi connectivity index (χ0v) is 9.45. The Morgan fingerprint density at radius 1 is 1.43 bits per heavy atom. The van der Waals surface area contributed by atoms with Crippen molar-refractivity contribution in [3.8, 4) is 5.75 Å². The van der Waals surface area contributed by atoms with E-state index in [0.717, 1.165) is 16.5 Å². The molecule has 0 saturated heterocycles. The van der Waals surface area contributed by atoms with Gasteiger partial charge in [0.15, 0.2) is 0 Å². The average molecular weight is 227 g/mol. The van der Waals surface area contributed by atoms with E-state index in [-0.39, 0.29) is 0 Å². The minimum absolute atomic E-state index is 0.368. The Bertz CT molecular complexity index is 462. The highest BCUT2D eigenvalue weighted by Crippen LogP contribution is 2.37. The Morgan fingerprint density at radius 3 is 2.86 bits per heavy atom. The second-order valence-electron chi connectivity index (χ2n) is 3.14. The Kier molecular flexibility index (Phi) is 2.66. The topological polar surface area (TPSA) is 20.2 Å². The van der Waals surface area contributed by atoms with E-state index in [2.05, 4.69) is 6.92 Å². The Balaban J connectivity index is 2.81. The highest BCUT2D eigenvalue weighted by atomic mass is 35.5. The molecule has 1 heterocycles. The molecule has 0 aliphatic heterocycles. The zero-order valence-electron chi connectivity index (χ0n) is 7.88. The maximum atomic E-state index is 9.76. The van der Waals surface area contributed by atoms with Gasteiger partial charge >= 0.3 is 0 Å². The van der Waals surface area contributed by atoms with E-state index < -0.39 is 0 Å². The first-order valence-electron chi connectivity index (χ1n) is 4.56. The van der Waals surface area contributed by atoms with Crippen molar-refractivity contribution < 1.29 is 5.11 Å². The third-order valence-corrected chi connectivity index (χ3v) is 3.97. The number of halogens is 1. The molecule has 1 nitrogen and oxygen atoms in total. The molecule has 2 rings (SSSR count). The third kappa shape index (κ3) is 1.39. The lowest BCUT2D eigenvalue weighted by Crippen LogP contribution is -1.82. The van der Waals surface area contributed by atoms with E-state index in [0.29, 0.717) is 11.6 Å². The number of phenolic OH excluding ortho intramolecular Hbond substituents is 1. The summed E-state index contributed by atoms with van der Waals surface area (Å²) in [6, 6.07) is 5.62. The summed E-state index contributed by atoms with van der Waals surface area (Å²) < 4.78 is 1.12. The number of thiophene rings is 1. The number of aromatic hydroxyl groups is 1. The van der Waals surface area contributed by atoms with Crippen molar-refractivity contribution >= 4 is 33.0 Å². The van der Waals surface area contributed by atoms with Crippen molar-refractivity contribution in [3.63, 3.8) is 0 Å². The summed E-state index contributed by atoms with van der Waals surface area (Å²) in [6.45, 7) is 2.09. The van der Waals surface area contributed by atoms with Crippen LogP contribution in [0.3, 0.4) is 0 Å². The first-order chi connectivity index (χ1) is 6.77. The van der Waals surface area contributed by atoms with Gasteiger partial charge in [-0.25, -0.2) is 0 Å². The van der Waals surface area contributed by atoms with Gasteiger partial charge < -0.3 is 5.11 Å². The Morgan fingerprint density at radius 2 is 2.21 bits per heavy atom. The summed E-state index contributed by atoms with van der Waals surface area (Å²) in [4.78, 5) is 1.17. The predicted octanol–water partition coefficient (Wildman–Crippen LogP) is 3.91. The first kappa shape index (κ1) is 9.81. The smallest absolute Gasteiger partial charge is 0.124 e. The van der Waals surface area contributed by atoms with E-state index >= 15 is 0 Å². The van der Waals surface area contributed by atoms with Crippen molar-refractivity contribution in [1.29, 1.82) is 0 Å². The summed E-state index contributed by atoms with van der Waals surface area (Å²) in [7, 11) is 0. The van der Waals surface area contributed by atoms with E-state index in [4.69, 9.17) is 11.6 Å². The predicted molar refractivity (Wildman–Crippen MR) is 62.4 cm³/mol. The van der Waals surface area contributed by atoms with Crippen LogP contribution in [0.15, 0.2) is 18.2 Å². The Hall–Kier alpha value is -0.730. The molecule has 0 radical (unpaired) electrons. The van der Waals surface area contributed by atoms with Crippen LogP contribution < -0.4 is 0 Å². The monoisotopic (exact) mass is 226 g/mol. The minimum Gasteiger partial charge on any atom is -0.507 e. The van der Waals surface area contributed by atoms with E-state index in [9.17, 15) is 5.11 Å². The molecule has 0 fully saturated rings. The maximum Gasteiger partial charge on any atom is 0.124 e. The van der Waals surface area contributed by atoms with Crippen LogP contribution in [0, 0.1) is 0 Å². The number of phenols is 1. The molecule has 0 aliphatic carbocycles. The lowest BCUT2D eigenvalue weighted by Gasteiger charge is -1.99. The number of hydrogen-bond donors (Lipinski definition) is 1. The van der Waals surface area contributed by atoms with Crippen molar-refractivity contribution in [2.75, 3.05) is 0 Å². The van der Waals surface area contributed by atoms with Crippen LogP contribution in [0.25, 0.3) is 10.1 Å². The molecule has 0 amide bonds. The van der Waals surface area contributed by atoms with Crippen LogP contribution in [-0.2, 0) is 12.3 Å². The molecule has 0 atom stereocenters. The van der Waals surface area contributed by atoms with Gasteiger partial charge in [0.2, 0.25) is 0 Å². The maximum absolute atomic E-state index is 9.76.